The van der Waals surface area contributed by atoms with Crippen molar-refractivity contribution < 1.29 is 14.4 Å². The van der Waals surface area contributed by atoms with Gasteiger partial charge in [0.25, 0.3) is 0 Å². The maximum Gasteiger partial charge on any atom is 0.207 e. The molecule has 0 spiro atoms. The number of aliphatic hydroxyl groups is 1. The Kier molecular flexibility index (Phi) is 5.15. The number of quaternary nitrogens is 1. The molecule has 1 aliphatic rings. The van der Waals surface area contributed by atoms with Crippen LogP contribution in [0.5, 0.6) is 0 Å². The van der Waals surface area contributed by atoms with Crippen molar-refractivity contribution in [2.75, 3.05) is 13.1 Å². The number of nitrogens with one attached hydrogen (secondary N) is 1. The molecule has 0 bridgehead atoms. The van der Waals surface area contributed by atoms with Gasteiger partial charge >= 0.3 is 0 Å². The lowest BCUT2D eigenvalue weighted by Crippen LogP contribution is -3.13. The maximum atomic E-state index is 13.4. The van der Waals surface area contributed by atoms with Gasteiger partial charge in [-0.05, 0) is 49.3 Å². The Balaban J connectivity index is 1.77. The molecule has 2 atom stereocenters. The second-order valence-corrected chi connectivity index (χ2v) is 7.31. The molecule has 1 aromatic heterocycles. The van der Waals surface area contributed by atoms with E-state index in [4.69, 9.17) is 17.3 Å². The van der Waals surface area contributed by atoms with Crippen molar-refractivity contribution in [3.05, 3.63) is 65.2 Å². The molecule has 1 unspecified atom stereocenters. The molecule has 1 aliphatic heterocycles. The Labute approximate surface area is 162 Å². The Morgan fingerprint density at radius 3 is 2.59 bits per heavy atom. The van der Waals surface area contributed by atoms with Crippen LogP contribution in [0, 0.1) is 10.6 Å². The van der Waals surface area contributed by atoms with E-state index in [1.165, 1.54) is 17.0 Å². The first-order chi connectivity index (χ1) is 13.1. The number of benzene rings is 2. The molecular formula is C20H22FN4OS+. The summed E-state index contributed by atoms with van der Waals surface area (Å²) in [5.41, 5.74) is 1.72. The van der Waals surface area contributed by atoms with Gasteiger partial charge in [0, 0.05) is 5.56 Å². The number of rotatable bonds is 4. The van der Waals surface area contributed by atoms with Crippen molar-refractivity contribution in [2.45, 2.75) is 25.6 Å². The molecule has 1 saturated heterocycles. The van der Waals surface area contributed by atoms with E-state index in [1.807, 2.05) is 39.6 Å². The summed E-state index contributed by atoms with van der Waals surface area (Å²) in [5.74, 6) is 0.440. The molecule has 5 nitrogen and oxygen atoms in total. The van der Waals surface area contributed by atoms with Crippen LogP contribution >= 0.6 is 12.2 Å². The summed E-state index contributed by atoms with van der Waals surface area (Å²) in [6.45, 7) is 2.29. The minimum Gasteiger partial charge on any atom is -0.387 e. The van der Waals surface area contributed by atoms with Crippen molar-refractivity contribution in [2.24, 2.45) is 0 Å². The average molecular weight is 385 g/mol. The molecule has 2 heterocycles. The van der Waals surface area contributed by atoms with E-state index in [2.05, 4.69) is 0 Å². The monoisotopic (exact) mass is 385 g/mol. The quantitative estimate of drug-likeness (QED) is 0.677. The van der Waals surface area contributed by atoms with Crippen LogP contribution in [0.25, 0.3) is 17.1 Å². The number of aromatic nitrogens is 3. The summed E-state index contributed by atoms with van der Waals surface area (Å²) in [4.78, 5) is 1.26. The third kappa shape index (κ3) is 3.85. The summed E-state index contributed by atoms with van der Waals surface area (Å²) in [5, 5.41) is 14.7. The molecule has 0 aliphatic carbocycles. The molecule has 4 rings (SSSR count). The lowest BCUT2D eigenvalue weighted by molar-refractivity contribution is -0.931. The smallest absolute Gasteiger partial charge is 0.207 e. The molecule has 27 heavy (non-hydrogen) atoms. The van der Waals surface area contributed by atoms with E-state index in [9.17, 15) is 9.50 Å². The Hall–Kier alpha value is -2.35. The van der Waals surface area contributed by atoms with E-state index in [0.717, 1.165) is 36.5 Å². The largest absolute Gasteiger partial charge is 0.387 e. The van der Waals surface area contributed by atoms with Crippen molar-refractivity contribution in [1.82, 2.24) is 14.3 Å². The zero-order valence-electron chi connectivity index (χ0n) is 14.9. The van der Waals surface area contributed by atoms with E-state index >= 15 is 0 Å². The second kappa shape index (κ2) is 7.72. The first kappa shape index (κ1) is 18.0. The highest BCUT2D eigenvalue weighted by atomic mass is 32.1. The van der Waals surface area contributed by atoms with Gasteiger partial charge in [0.1, 0.15) is 18.5 Å². The van der Waals surface area contributed by atoms with Crippen molar-refractivity contribution in [1.29, 1.82) is 0 Å². The first-order valence-electron chi connectivity index (χ1n) is 9.14. The van der Waals surface area contributed by atoms with E-state index in [0.29, 0.717) is 18.0 Å². The van der Waals surface area contributed by atoms with Crippen LogP contribution < -0.4 is 4.90 Å². The molecular weight excluding hydrogens is 363 g/mol. The number of aliphatic hydroxyl groups excluding tert-OH is 1. The standard InChI is InChI=1S/C20H21FN4OS/c21-16-8-10-17(11-9-16)25-19(15-5-2-1-3-6-15)22-24(20(25)27)14-23-12-4-7-18(26)13-23/h1-3,5-6,8-11,18,26H,4,7,12-14H2/p+1/t18-/m0/s1. The van der Waals surface area contributed by atoms with Gasteiger partial charge in [0.15, 0.2) is 12.5 Å². The molecule has 2 N–H and O–H groups in total. The van der Waals surface area contributed by atoms with Crippen LogP contribution in [0.2, 0.25) is 0 Å². The molecule has 3 aromatic rings. The van der Waals surface area contributed by atoms with Gasteiger partial charge in [-0.3, -0.25) is 4.57 Å². The zero-order chi connectivity index (χ0) is 18.8. The Morgan fingerprint density at radius 1 is 1.15 bits per heavy atom. The van der Waals surface area contributed by atoms with Gasteiger partial charge in [0.05, 0.1) is 12.2 Å². The highest BCUT2D eigenvalue weighted by Gasteiger charge is 2.23. The van der Waals surface area contributed by atoms with Crippen LogP contribution in [0.1, 0.15) is 12.8 Å². The van der Waals surface area contributed by atoms with Gasteiger partial charge in [-0.1, -0.05) is 30.3 Å². The third-order valence-corrected chi connectivity index (χ3v) is 5.31. The normalized spacial score (nSPS) is 19.9. The minimum absolute atomic E-state index is 0.268. The lowest BCUT2D eigenvalue weighted by atomic mass is 10.1. The summed E-state index contributed by atoms with van der Waals surface area (Å²) in [7, 11) is 0. The summed E-state index contributed by atoms with van der Waals surface area (Å²) in [6.07, 6.45) is 1.58. The number of nitrogens with zero attached hydrogens (tertiary/aromatic N) is 3. The van der Waals surface area contributed by atoms with Crippen LogP contribution in [0.15, 0.2) is 54.6 Å². The van der Waals surface area contributed by atoms with E-state index in [-0.39, 0.29) is 11.9 Å². The van der Waals surface area contributed by atoms with Crippen molar-refractivity contribution >= 4 is 12.2 Å². The fourth-order valence-electron chi connectivity index (χ4n) is 3.59. The van der Waals surface area contributed by atoms with Gasteiger partial charge in [-0.2, -0.15) is 4.68 Å². The Morgan fingerprint density at radius 2 is 1.89 bits per heavy atom. The van der Waals surface area contributed by atoms with Crippen LogP contribution in [0.3, 0.4) is 0 Å². The summed E-state index contributed by atoms with van der Waals surface area (Å²) >= 11 is 5.72. The fourth-order valence-corrected chi connectivity index (χ4v) is 3.89. The summed E-state index contributed by atoms with van der Waals surface area (Å²) < 4.78 is 17.6. The summed E-state index contributed by atoms with van der Waals surface area (Å²) in [6, 6.07) is 16.1. The molecule has 0 radical (unpaired) electrons. The molecule has 140 valence electrons. The second-order valence-electron chi connectivity index (χ2n) is 6.94. The average Bonchev–Trinajstić information content (AvgIpc) is 3.00. The minimum atomic E-state index is -0.286. The number of likely N-dealkylation sites (tertiary alicyclic amines) is 1. The van der Waals surface area contributed by atoms with Gasteiger partial charge in [0.2, 0.25) is 4.77 Å². The topological polar surface area (TPSA) is 47.4 Å². The third-order valence-electron chi connectivity index (χ3n) is 4.92. The van der Waals surface area contributed by atoms with Crippen LogP contribution in [-0.2, 0) is 6.67 Å². The van der Waals surface area contributed by atoms with E-state index in [1.54, 1.807) is 12.1 Å². The predicted octanol–water partition coefficient (Wildman–Crippen LogP) is 2.21. The maximum absolute atomic E-state index is 13.4. The SMILES string of the molecule is O[C@H]1CCC[NH+](Cn2nc(-c3ccccc3)n(-c3ccc(F)cc3)c2=S)C1. The molecule has 1 fully saturated rings. The molecule has 7 heteroatoms. The van der Waals surface area contributed by atoms with E-state index < -0.39 is 0 Å². The zero-order valence-corrected chi connectivity index (χ0v) is 15.7. The molecule has 0 amide bonds. The van der Waals surface area contributed by atoms with Crippen LogP contribution in [0.4, 0.5) is 4.39 Å². The highest BCUT2D eigenvalue weighted by Crippen LogP contribution is 2.22. The molecule has 0 saturated carbocycles. The van der Waals surface area contributed by atoms with Gasteiger partial charge < -0.3 is 10.0 Å². The van der Waals surface area contributed by atoms with Gasteiger partial charge in [-0.15, -0.1) is 5.10 Å². The van der Waals surface area contributed by atoms with Gasteiger partial charge in [-0.25, -0.2) is 4.39 Å². The molecule has 2 aromatic carbocycles. The number of hydrogen-bond acceptors (Lipinski definition) is 3. The number of hydrogen-bond donors (Lipinski definition) is 2. The van der Waals surface area contributed by atoms with Crippen LogP contribution in [-0.4, -0.2) is 38.6 Å². The Bertz CT molecular complexity index is 968. The van der Waals surface area contributed by atoms with Crippen molar-refractivity contribution in [3.63, 3.8) is 0 Å². The van der Waals surface area contributed by atoms with Crippen molar-refractivity contribution in [3.8, 4) is 17.1 Å². The number of halogens is 1. The predicted molar refractivity (Wildman–Crippen MR) is 104 cm³/mol. The number of piperidine rings is 1. The highest BCUT2D eigenvalue weighted by molar-refractivity contribution is 7.71. The lowest BCUT2D eigenvalue weighted by Gasteiger charge is -2.26. The fraction of sp³-hybridized carbons (Fsp3) is 0.300. The first-order valence-corrected chi connectivity index (χ1v) is 9.55.